The third-order valence-corrected chi connectivity index (χ3v) is 4.72. The van der Waals surface area contributed by atoms with Crippen molar-refractivity contribution in [2.45, 2.75) is 45.3 Å². The molecule has 6 nitrogen and oxygen atoms in total. The fourth-order valence-electron chi connectivity index (χ4n) is 2.45. The van der Waals surface area contributed by atoms with Crippen LogP contribution in [0.3, 0.4) is 0 Å². The first-order valence-corrected chi connectivity index (χ1v) is 8.67. The van der Waals surface area contributed by atoms with Gasteiger partial charge in [0, 0.05) is 17.8 Å². The van der Waals surface area contributed by atoms with E-state index in [1.54, 1.807) is 11.0 Å². The summed E-state index contributed by atoms with van der Waals surface area (Å²) in [6, 6.07) is 3.53. The maximum atomic E-state index is 11.8. The van der Waals surface area contributed by atoms with E-state index in [9.17, 15) is 14.7 Å². The van der Waals surface area contributed by atoms with Crippen LogP contribution in [0.5, 0.6) is 0 Å². The number of ether oxygens (including phenoxy) is 2. The van der Waals surface area contributed by atoms with Crippen molar-refractivity contribution < 1.29 is 24.2 Å². The molecule has 0 spiro atoms. The molecule has 2 rings (SSSR count). The van der Waals surface area contributed by atoms with Gasteiger partial charge in [0.2, 0.25) is 0 Å². The minimum atomic E-state index is -0.359. The Balaban J connectivity index is 1.83. The Labute approximate surface area is 140 Å². The van der Waals surface area contributed by atoms with Crippen LogP contribution in [0.2, 0.25) is 0 Å². The predicted octanol–water partition coefficient (Wildman–Crippen LogP) is 2.45. The predicted molar refractivity (Wildman–Crippen MR) is 86.7 cm³/mol. The number of hydrogen-bond acceptors (Lipinski definition) is 6. The maximum Gasteiger partial charge on any atom is 0.410 e. The van der Waals surface area contributed by atoms with Gasteiger partial charge in [0.25, 0.3) is 0 Å². The molecule has 1 aromatic rings. The number of aliphatic hydroxyl groups is 1. The van der Waals surface area contributed by atoms with Gasteiger partial charge in [-0.15, -0.1) is 11.3 Å². The van der Waals surface area contributed by atoms with Gasteiger partial charge in [0.1, 0.15) is 4.88 Å². The molecular formula is C16H23NO5S. The first-order chi connectivity index (χ1) is 11.0. The third kappa shape index (κ3) is 4.94. The van der Waals surface area contributed by atoms with Gasteiger partial charge in [-0.25, -0.2) is 9.59 Å². The standard InChI is InChI=1S/C16H23NO5S/c1-11(2)22-15(19)14-6-5-13(23-14)4-3-8-17-12(10-18)7-9-21-16(17)20/h5-6,11-12,18H,3-4,7-10H2,1-2H3. The molecule has 1 atom stereocenters. The molecule has 2 heterocycles. The average molecular weight is 341 g/mol. The summed E-state index contributed by atoms with van der Waals surface area (Å²) >= 11 is 1.42. The van der Waals surface area contributed by atoms with Crippen LogP contribution < -0.4 is 0 Å². The summed E-state index contributed by atoms with van der Waals surface area (Å²) in [5, 5.41) is 9.33. The Kier molecular flexibility index (Phi) is 6.41. The fraction of sp³-hybridized carbons (Fsp3) is 0.625. The lowest BCUT2D eigenvalue weighted by molar-refractivity contribution is 0.0248. The van der Waals surface area contributed by atoms with Gasteiger partial charge in [0.15, 0.2) is 0 Å². The normalized spacial score (nSPS) is 18.2. The zero-order valence-electron chi connectivity index (χ0n) is 13.5. The summed E-state index contributed by atoms with van der Waals surface area (Å²) in [4.78, 5) is 26.8. The smallest absolute Gasteiger partial charge is 0.410 e. The number of rotatable bonds is 7. The molecule has 23 heavy (non-hydrogen) atoms. The SMILES string of the molecule is CC(C)OC(=O)c1ccc(CCCN2C(=O)OCCC2CO)s1. The van der Waals surface area contributed by atoms with E-state index in [0.717, 1.165) is 17.7 Å². The second-order valence-corrected chi connectivity index (χ2v) is 6.92. The first-order valence-electron chi connectivity index (χ1n) is 7.85. The van der Waals surface area contributed by atoms with E-state index >= 15 is 0 Å². The highest BCUT2D eigenvalue weighted by Crippen LogP contribution is 2.21. The number of hydrogen-bond donors (Lipinski definition) is 1. The molecule has 1 fully saturated rings. The van der Waals surface area contributed by atoms with Gasteiger partial charge in [-0.05, 0) is 38.8 Å². The van der Waals surface area contributed by atoms with Gasteiger partial charge in [-0.2, -0.15) is 0 Å². The molecule has 7 heteroatoms. The van der Waals surface area contributed by atoms with Crippen LogP contribution in [-0.2, 0) is 15.9 Å². The minimum absolute atomic E-state index is 0.0424. The number of amides is 1. The van der Waals surface area contributed by atoms with Crippen LogP contribution in [0.15, 0.2) is 12.1 Å². The van der Waals surface area contributed by atoms with E-state index in [1.807, 2.05) is 19.9 Å². The molecule has 1 aromatic heterocycles. The lowest BCUT2D eigenvalue weighted by atomic mass is 10.1. The van der Waals surface area contributed by atoms with Crippen LogP contribution in [-0.4, -0.2) is 54.0 Å². The van der Waals surface area contributed by atoms with E-state index in [4.69, 9.17) is 9.47 Å². The molecule has 1 aliphatic heterocycles. The molecular weight excluding hydrogens is 318 g/mol. The molecule has 128 valence electrons. The monoisotopic (exact) mass is 341 g/mol. The summed E-state index contributed by atoms with van der Waals surface area (Å²) in [5.74, 6) is -0.295. The first kappa shape index (κ1) is 17.7. The lowest BCUT2D eigenvalue weighted by Gasteiger charge is -2.33. The van der Waals surface area contributed by atoms with Crippen LogP contribution in [0, 0.1) is 0 Å². The second kappa shape index (κ2) is 8.31. The third-order valence-electron chi connectivity index (χ3n) is 3.59. The van der Waals surface area contributed by atoms with Crippen molar-refractivity contribution in [2.24, 2.45) is 0 Å². The minimum Gasteiger partial charge on any atom is -0.459 e. The van der Waals surface area contributed by atoms with Crippen molar-refractivity contribution >= 4 is 23.4 Å². The summed E-state index contributed by atoms with van der Waals surface area (Å²) < 4.78 is 10.2. The van der Waals surface area contributed by atoms with Gasteiger partial charge in [-0.1, -0.05) is 0 Å². The number of esters is 1. The van der Waals surface area contributed by atoms with Crippen molar-refractivity contribution in [3.8, 4) is 0 Å². The molecule has 1 amide bonds. The largest absolute Gasteiger partial charge is 0.459 e. The van der Waals surface area contributed by atoms with Gasteiger partial charge >= 0.3 is 12.1 Å². The second-order valence-electron chi connectivity index (χ2n) is 5.76. The Bertz CT molecular complexity index is 542. The number of thiophene rings is 1. The topological polar surface area (TPSA) is 76.1 Å². The number of carbonyl (C=O) groups excluding carboxylic acids is 2. The molecule has 1 unspecified atom stereocenters. The van der Waals surface area contributed by atoms with Crippen LogP contribution in [0.1, 0.15) is 41.2 Å². The van der Waals surface area contributed by atoms with E-state index in [-0.39, 0.29) is 30.8 Å². The Morgan fingerprint density at radius 1 is 1.52 bits per heavy atom. The number of cyclic esters (lactones) is 1. The van der Waals surface area contributed by atoms with Crippen LogP contribution in [0.25, 0.3) is 0 Å². The number of carbonyl (C=O) groups is 2. The van der Waals surface area contributed by atoms with Crippen molar-refractivity contribution in [1.82, 2.24) is 4.90 Å². The van der Waals surface area contributed by atoms with E-state index < -0.39 is 0 Å². The summed E-state index contributed by atoms with van der Waals surface area (Å²) in [6.07, 6.45) is 1.69. The van der Waals surface area contributed by atoms with Crippen LogP contribution in [0.4, 0.5) is 4.79 Å². The highest BCUT2D eigenvalue weighted by atomic mass is 32.1. The van der Waals surface area contributed by atoms with Crippen molar-refractivity contribution in [1.29, 1.82) is 0 Å². The zero-order valence-corrected chi connectivity index (χ0v) is 14.3. The molecule has 0 saturated carbocycles. The summed E-state index contributed by atoms with van der Waals surface area (Å²) in [5.41, 5.74) is 0. The van der Waals surface area contributed by atoms with Crippen molar-refractivity contribution in [3.05, 3.63) is 21.9 Å². The molecule has 1 saturated heterocycles. The van der Waals surface area contributed by atoms with Crippen LogP contribution >= 0.6 is 11.3 Å². The Hall–Kier alpha value is -1.60. The summed E-state index contributed by atoms with van der Waals surface area (Å²) in [7, 11) is 0. The number of aliphatic hydroxyl groups excluding tert-OH is 1. The van der Waals surface area contributed by atoms with Gasteiger partial charge < -0.3 is 19.5 Å². The number of aryl methyl sites for hydroxylation is 1. The number of nitrogens with zero attached hydrogens (tertiary/aromatic N) is 1. The fourth-order valence-corrected chi connectivity index (χ4v) is 3.38. The zero-order chi connectivity index (χ0) is 16.8. The van der Waals surface area contributed by atoms with Gasteiger partial charge in [0.05, 0.1) is 25.4 Å². The molecule has 0 bridgehead atoms. The quantitative estimate of drug-likeness (QED) is 0.771. The van der Waals surface area contributed by atoms with E-state index in [2.05, 4.69) is 0 Å². The lowest BCUT2D eigenvalue weighted by Crippen LogP contribution is -2.47. The summed E-state index contributed by atoms with van der Waals surface area (Å²) in [6.45, 7) is 4.50. The highest BCUT2D eigenvalue weighted by molar-refractivity contribution is 7.13. The maximum absolute atomic E-state index is 11.8. The highest BCUT2D eigenvalue weighted by Gasteiger charge is 2.28. The van der Waals surface area contributed by atoms with E-state index in [1.165, 1.54) is 11.3 Å². The molecule has 0 radical (unpaired) electrons. The van der Waals surface area contributed by atoms with Crippen molar-refractivity contribution in [3.63, 3.8) is 0 Å². The van der Waals surface area contributed by atoms with Gasteiger partial charge in [-0.3, -0.25) is 0 Å². The molecule has 0 aliphatic carbocycles. The van der Waals surface area contributed by atoms with Crippen molar-refractivity contribution in [2.75, 3.05) is 19.8 Å². The Morgan fingerprint density at radius 3 is 3.00 bits per heavy atom. The average Bonchev–Trinajstić information content (AvgIpc) is 2.97. The molecule has 1 N–H and O–H groups in total. The van der Waals surface area contributed by atoms with E-state index in [0.29, 0.717) is 24.4 Å². The Morgan fingerprint density at radius 2 is 2.30 bits per heavy atom. The molecule has 1 aliphatic rings. The molecule has 0 aromatic carbocycles.